The molecule has 1 saturated heterocycles. The van der Waals surface area contributed by atoms with Gasteiger partial charge in [0.1, 0.15) is 5.76 Å². The van der Waals surface area contributed by atoms with Crippen molar-refractivity contribution in [1.82, 2.24) is 15.5 Å². The Balaban J connectivity index is 1.63. The molecular weight excluding hydrogens is 324 g/mol. The number of amides is 1. The molecule has 7 heteroatoms. The molecule has 1 aliphatic rings. The van der Waals surface area contributed by atoms with E-state index in [0.717, 1.165) is 52.3 Å². The second-order valence-electron chi connectivity index (χ2n) is 6.08. The topological polar surface area (TPSA) is 80.0 Å². The van der Waals surface area contributed by atoms with Crippen LogP contribution in [0, 0.1) is 19.8 Å². The van der Waals surface area contributed by atoms with Crippen LogP contribution in [0.5, 0.6) is 0 Å². The number of thiazole rings is 1. The summed E-state index contributed by atoms with van der Waals surface area (Å²) < 4.78 is 6.29. The van der Waals surface area contributed by atoms with Crippen molar-refractivity contribution < 1.29 is 9.32 Å². The van der Waals surface area contributed by atoms with E-state index in [9.17, 15) is 4.79 Å². The van der Waals surface area contributed by atoms with Gasteiger partial charge in [-0.2, -0.15) is 0 Å². The largest absolute Gasteiger partial charge is 0.361 e. The van der Waals surface area contributed by atoms with Gasteiger partial charge in [0.2, 0.25) is 5.91 Å². The van der Waals surface area contributed by atoms with E-state index in [1.165, 1.54) is 11.3 Å². The van der Waals surface area contributed by atoms with E-state index >= 15 is 0 Å². The Morgan fingerprint density at radius 3 is 3.00 bits per heavy atom. The molecule has 3 aromatic rings. The molecule has 24 heavy (non-hydrogen) atoms. The van der Waals surface area contributed by atoms with Gasteiger partial charge < -0.3 is 15.2 Å². The highest BCUT2D eigenvalue weighted by Gasteiger charge is 2.23. The van der Waals surface area contributed by atoms with Crippen LogP contribution in [0.1, 0.15) is 17.9 Å². The van der Waals surface area contributed by atoms with Gasteiger partial charge in [0, 0.05) is 12.1 Å². The number of hydrogen-bond acceptors (Lipinski definition) is 6. The van der Waals surface area contributed by atoms with Crippen LogP contribution in [0.4, 0.5) is 5.13 Å². The van der Waals surface area contributed by atoms with Gasteiger partial charge in [0.05, 0.1) is 21.8 Å². The number of anilines is 1. The van der Waals surface area contributed by atoms with Crippen LogP contribution >= 0.6 is 11.3 Å². The first-order valence-electron chi connectivity index (χ1n) is 7.97. The first kappa shape index (κ1) is 15.3. The van der Waals surface area contributed by atoms with Crippen molar-refractivity contribution in [2.24, 2.45) is 5.92 Å². The number of carbonyl (C=O) groups is 1. The highest BCUT2D eigenvalue weighted by Crippen LogP contribution is 2.33. The van der Waals surface area contributed by atoms with Crippen LogP contribution < -0.4 is 10.6 Å². The maximum atomic E-state index is 12.2. The number of hydrogen-bond donors (Lipinski definition) is 2. The Bertz CT molecular complexity index is 889. The van der Waals surface area contributed by atoms with E-state index < -0.39 is 0 Å². The highest BCUT2D eigenvalue weighted by molar-refractivity contribution is 7.22. The first-order chi connectivity index (χ1) is 11.6. The van der Waals surface area contributed by atoms with Crippen molar-refractivity contribution in [3.8, 4) is 11.1 Å². The zero-order chi connectivity index (χ0) is 16.7. The van der Waals surface area contributed by atoms with E-state index in [1.807, 2.05) is 32.0 Å². The first-order valence-corrected chi connectivity index (χ1v) is 8.79. The van der Waals surface area contributed by atoms with Gasteiger partial charge in [0.25, 0.3) is 0 Å². The van der Waals surface area contributed by atoms with Crippen molar-refractivity contribution in [1.29, 1.82) is 0 Å². The second-order valence-corrected chi connectivity index (χ2v) is 7.11. The Morgan fingerprint density at radius 2 is 2.29 bits per heavy atom. The van der Waals surface area contributed by atoms with Crippen molar-refractivity contribution in [2.75, 3.05) is 18.4 Å². The van der Waals surface area contributed by atoms with Gasteiger partial charge in [-0.25, -0.2) is 4.98 Å². The lowest BCUT2D eigenvalue weighted by molar-refractivity contribution is -0.119. The molecule has 2 N–H and O–H groups in total. The zero-order valence-corrected chi connectivity index (χ0v) is 14.4. The van der Waals surface area contributed by atoms with Crippen molar-refractivity contribution in [3.05, 3.63) is 29.7 Å². The average Bonchev–Trinajstić information content (AvgIpc) is 3.27. The average molecular weight is 342 g/mol. The molecule has 0 aliphatic carbocycles. The van der Waals surface area contributed by atoms with Crippen LogP contribution in [0.25, 0.3) is 21.3 Å². The number of nitrogens with one attached hydrogen (secondary N) is 2. The smallest absolute Gasteiger partial charge is 0.230 e. The molecule has 0 saturated carbocycles. The summed E-state index contributed by atoms with van der Waals surface area (Å²) in [6.45, 7) is 5.48. The molecule has 0 radical (unpaired) electrons. The number of rotatable bonds is 3. The minimum absolute atomic E-state index is 0.0369. The lowest BCUT2D eigenvalue weighted by atomic mass is 10.0. The normalized spacial score (nSPS) is 17.5. The molecular formula is C17H18N4O2S. The standard InChI is InChI=1S/C17H18N4O2S/c1-9-15(10(2)23-21-9)11-3-4-14-13(7-11)19-17(24-14)20-16(22)12-5-6-18-8-12/h3-4,7,12,18H,5-6,8H2,1-2H3,(H,19,20,22)/t12-/m0/s1. The Labute approximate surface area is 143 Å². The van der Waals surface area contributed by atoms with E-state index in [0.29, 0.717) is 5.13 Å². The predicted octanol–water partition coefficient (Wildman–Crippen LogP) is 3.12. The molecule has 1 atom stereocenters. The van der Waals surface area contributed by atoms with E-state index in [4.69, 9.17) is 4.52 Å². The van der Waals surface area contributed by atoms with Crippen LogP contribution in [0.15, 0.2) is 22.7 Å². The number of fused-ring (bicyclic) bond motifs is 1. The summed E-state index contributed by atoms with van der Waals surface area (Å²) in [5.41, 5.74) is 3.77. The zero-order valence-electron chi connectivity index (χ0n) is 13.5. The molecule has 3 heterocycles. The summed E-state index contributed by atoms with van der Waals surface area (Å²) >= 11 is 1.50. The van der Waals surface area contributed by atoms with Crippen LogP contribution in [0.2, 0.25) is 0 Å². The van der Waals surface area contributed by atoms with Crippen molar-refractivity contribution in [2.45, 2.75) is 20.3 Å². The van der Waals surface area contributed by atoms with Gasteiger partial charge in [0.15, 0.2) is 5.13 Å². The summed E-state index contributed by atoms with van der Waals surface area (Å²) in [4.78, 5) is 16.8. The quantitative estimate of drug-likeness (QED) is 0.764. The summed E-state index contributed by atoms with van der Waals surface area (Å²) in [7, 11) is 0. The summed E-state index contributed by atoms with van der Waals surface area (Å²) in [5.74, 6) is 0.879. The van der Waals surface area contributed by atoms with Gasteiger partial charge >= 0.3 is 0 Å². The summed E-state index contributed by atoms with van der Waals surface area (Å²) in [6, 6.07) is 6.09. The van der Waals surface area contributed by atoms with Crippen LogP contribution in [0.3, 0.4) is 0 Å². The lowest BCUT2D eigenvalue weighted by Gasteiger charge is -2.06. The maximum absolute atomic E-state index is 12.2. The minimum atomic E-state index is 0.0369. The number of carbonyl (C=O) groups excluding carboxylic acids is 1. The molecule has 124 valence electrons. The Hall–Kier alpha value is -2.25. The monoisotopic (exact) mass is 342 g/mol. The number of aromatic nitrogens is 2. The van der Waals surface area contributed by atoms with E-state index in [2.05, 4.69) is 20.8 Å². The molecule has 1 aromatic carbocycles. The van der Waals surface area contributed by atoms with E-state index in [-0.39, 0.29) is 11.8 Å². The molecule has 1 fully saturated rings. The van der Waals surface area contributed by atoms with Crippen LogP contribution in [-0.4, -0.2) is 29.1 Å². The van der Waals surface area contributed by atoms with E-state index in [1.54, 1.807) is 0 Å². The number of aryl methyl sites for hydroxylation is 2. The molecule has 6 nitrogen and oxygen atoms in total. The maximum Gasteiger partial charge on any atom is 0.230 e. The molecule has 1 amide bonds. The lowest BCUT2D eigenvalue weighted by Crippen LogP contribution is -2.24. The van der Waals surface area contributed by atoms with Gasteiger partial charge in [-0.1, -0.05) is 22.6 Å². The minimum Gasteiger partial charge on any atom is -0.361 e. The van der Waals surface area contributed by atoms with Crippen molar-refractivity contribution in [3.63, 3.8) is 0 Å². The highest BCUT2D eigenvalue weighted by atomic mass is 32.1. The molecule has 4 rings (SSSR count). The molecule has 1 aliphatic heterocycles. The fourth-order valence-corrected chi connectivity index (χ4v) is 3.97. The van der Waals surface area contributed by atoms with Crippen molar-refractivity contribution >= 4 is 32.6 Å². The molecule has 0 unspecified atom stereocenters. The summed E-state index contributed by atoms with van der Waals surface area (Å²) in [6.07, 6.45) is 0.882. The second kappa shape index (κ2) is 5.99. The SMILES string of the molecule is Cc1noc(C)c1-c1ccc2sc(NC(=O)[C@H]3CCNC3)nc2c1. The fraction of sp³-hybridized carbons (Fsp3) is 0.353. The van der Waals surface area contributed by atoms with Gasteiger partial charge in [-0.3, -0.25) is 4.79 Å². The Morgan fingerprint density at radius 1 is 1.42 bits per heavy atom. The fourth-order valence-electron chi connectivity index (χ4n) is 3.12. The molecule has 0 bridgehead atoms. The third kappa shape index (κ3) is 2.70. The van der Waals surface area contributed by atoms with Gasteiger partial charge in [-0.15, -0.1) is 0 Å². The third-order valence-corrected chi connectivity index (χ3v) is 5.32. The predicted molar refractivity (Wildman–Crippen MR) is 94.2 cm³/mol. The van der Waals surface area contributed by atoms with Gasteiger partial charge in [-0.05, 0) is 44.5 Å². The molecule has 0 spiro atoms. The number of benzene rings is 1. The van der Waals surface area contributed by atoms with Crippen LogP contribution in [-0.2, 0) is 4.79 Å². The molecule has 2 aromatic heterocycles. The summed E-state index contributed by atoms with van der Waals surface area (Å²) in [5, 5.41) is 10.8. The third-order valence-electron chi connectivity index (χ3n) is 4.37. The number of nitrogens with zero attached hydrogens (tertiary/aromatic N) is 2. The Kier molecular flexibility index (Phi) is 3.82.